The minimum absolute atomic E-state index is 0.608. The summed E-state index contributed by atoms with van der Waals surface area (Å²) in [5, 5.41) is 12.8. The van der Waals surface area contributed by atoms with E-state index in [9.17, 15) is 4.79 Å². The highest BCUT2D eigenvalue weighted by molar-refractivity contribution is 7.18. The number of aromatic nitrogens is 2. The highest BCUT2D eigenvalue weighted by Crippen LogP contribution is 2.28. The van der Waals surface area contributed by atoms with Crippen LogP contribution in [0.2, 0.25) is 0 Å². The van der Waals surface area contributed by atoms with Gasteiger partial charge in [0.05, 0.1) is 5.39 Å². The summed E-state index contributed by atoms with van der Waals surface area (Å²) < 4.78 is 0. The van der Waals surface area contributed by atoms with Crippen LogP contribution in [0.25, 0.3) is 10.2 Å². The van der Waals surface area contributed by atoms with Gasteiger partial charge in [0, 0.05) is 11.3 Å². The molecule has 0 spiro atoms. The SMILES string of the molecule is CCc1nc(N[C@H](C)C(=O)O)c2cc(C)sc2n1. The summed E-state index contributed by atoms with van der Waals surface area (Å²) in [6, 6.07) is 1.31. The molecule has 2 heterocycles. The van der Waals surface area contributed by atoms with E-state index >= 15 is 0 Å². The summed E-state index contributed by atoms with van der Waals surface area (Å²) in [5.41, 5.74) is 0. The van der Waals surface area contributed by atoms with Crippen molar-refractivity contribution in [3.8, 4) is 0 Å². The Kier molecular flexibility index (Phi) is 3.47. The average molecular weight is 265 g/mol. The fourth-order valence-corrected chi connectivity index (χ4v) is 2.52. The lowest BCUT2D eigenvalue weighted by Crippen LogP contribution is -2.26. The van der Waals surface area contributed by atoms with Crippen molar-refractivity contribution >= 4 is 33.3 Å². The van der Waals surface area contributed by atoms with Crippen LogP contribution < -0.4 is 5.32 Å². The van der Waals surface area contributed by atoms with Gasteiger partial charge in [0.2, 0.25) is 0 Å². The zero-order chi connectivity index (χ0) is 13.3. The quantitative estimate of drug-likeness (QED) is 0.888. The van der Waals surface area contributed by atoms with E-state index < -0.39 is 12.0 Å². The summed E-state index contributed by atoms with van der Waals surface area (Å²) in [5.74, 6) is 0.437. The van der Waals surface area contributed by atoms with Crippen molar-refractivity contribution in [2.24, 2.45) is 0 Å². The van der Waals surface area contributed by atoms with Gasteiger partial charge in [0.1, 0.15) is 22.5 Å². The van der Waals surface area contributed by atoms with Crippen LogP contribution in [0.3, 0.4) is 0 Å². The highest BCUT2D eigenvalue weighted by atomic mass is 32.1. The number of carboxylic acids is 1. The Morgan fingerprint density at radius 2 is 2.28 bits per heavy atom. The summed E-state index contributed by atoms with van der Waals surface area (Å²) >= 11 is 1.59. The smallest absolute Gasteiger partial charge is 0.325 e. The van der Waals surface area contributed by atoms with Gasteiger partial charge in [0.15, 0.2) is 0 Å². The maximum absolute atomic E-state index is 10.9. The van der Waals surface area contributed by atoms with Gasteiger partial charge in [-0.05, 0) is 19.9 Å². The second-order valence-corrected chi connectivity index (χ2v) is 5.36. The lowest BCUT2D eigenvalue weighted by atomic mass is 10.3. The summed E-state index contributed by atoms with van der Waals surface area (Å²) in [6.07, 6.45) is 0.725. The van der Waals surface area contributed by atoms with Crippen molar-refractivity contribution in [1.29, 1.82) is 0 Å². The van der Waals surface area contributed by atoms with Gasteiger partial charge < -0.3 is 10.4 Å². The molecule has 0 amide bonds. The van der Waals surface area contributed by atoms with Crippen LogP contribution in [0.1, 0.15) is 24.5 Å². The highest BCUT2D eigenvalue weighted by Gasteiger charge is 2.15. The number of thiophene rings is 1. The van der Waals surface area contributed by atoms with Gasteiger partial charge in [-0.2, -0.15) is 0 Å². The van der Waals surface area contributed by atoms with Crippen LogP contribution in [-0.4, -0.2) is 27.1 Å². The maximum atomic E-state index is 10.9. The first kappa shape index (κ1) is 12.8. The van der Waals surface area contributed by atoms with Gasteiger partial charge in [-0.25, -0.2) is 9.97 Å². The standard InChI is InChI=1S/C12H15N3O2S/c1-4-9-14-10(13-7(3)12(16)17)8-5-6(2)18-11(8)15-9/h5,7H,4H2,1-3H3,(H,16,17)(H,13,14,15)/t7-/m1/s1. The number of hydrogen-bond donors (Lipinski definition) is 2. The van der Waals surface area contributed by atoms with E-state index in [4.69, 9.17) is 5.11 Å². The molecule has 96 valence electrons. The van der Waals surface area contributed by atoms with Crippen molar-refractivity contribution in [3.63, 3.8) is 0 Å². The lowest BCUT2D eigenvalue weighted by molar-refractivity contribution is -0.137. The predicted octanol–water partition coefficient (Wildman–Crippen LogP) is 2.45. The first-order valence-electron chi connectivity index (χ1n) is 5.77. The lowest BCUT2D eigenvalue weighted by Gasteiger charge is -2.11. The molecule has 0 bridgehead atoms. The van der Waals surface area contributed by atoms with Crippen LogP contribution in [0.15, 0.2) is 6.07 Å². The van der Waals surface area contributed by atoms with Crippen LogP contribution in [0, 0.1) is 6.92 Å². The normalized spacial score (nSPS) is 12.6. The Bertz CT molecular complexity index is 594. The molecular formula is C12H15N3O2S. The Hall–Kier alpha value is -1.69. The molecule has 2 N–H and O–H groups in total. The van der Waals surface area contributed by atoms with Crippen molar-refractivity contribution in [1.82, 2.24) is 9.97 Å². The molecule has 0 unspecified atom stereocenters. The molecular weight excluding hydrogens is 250 g/mol. The van der Waals surface area contributed by atoms with Gasteiger partial charge in [0.25, 0.3) is 0 Å². The van der Waals surface area contributed by atoms with E-state index in [1.165, 1.54) is 0 Å². The summed E-state index contributed by atoms with van der Waals surface area (Å²) in [7, 11) is 0. The zero-order valence-electron chi connectivity index (χ0n) is 10.5. The maximum Gasteiger partial charge on any atom is 0.325 e. The fourth-order valence-electron chi connectivity index (χ4n) is 1.62. The number of carbonyl (C=O) groups is 1. The van der Waals surface area contributed by atoms with E-state index in [2.05, 4.69) is 15.3 Å². The fraction of sp³-hybridized carbons (Fsp3) is 0.417. The molecule has 0 aliphatic rings. The van der Waals surface area contributed by atoms with Gasteiger partial charge in [-0.1, -0.05) is 6.92 Å². The van der Waals surface area contributed by atoms with E-state index in [-0.39, 0.29) is 0 Å². The molecule has 6 heteroatoms. The summed E-state index contributed by atoms with van der Waals surface area (Å²) in [4.78, 5) is 21.8. The minimum Gasteiger partial charge on any atom is -0.480 e. The van der Waals surface area contributed by atoms with Gasteiger partial charge in [-0.15, -0.1) is 11.3 Å². The van der Waals surface area contributed by atoms with Crippen LogP contribution >= 0.6 is 11.3 Å². The molecule has 18 heavy (non-hydrogen) atoms. The van der Waals surface area contributed by atoms with Crippen molar-refractivity contribution in [2.75, 3.05) is 5.32 Å². The third kappa shape index (κ3) is 2.43. The molecule has 5 nitrogen and oxygen atoms in total. The number of fused-ring (bicyclic) bond motifs is 1. The topological polar surface area (TPSA) is 75.1 Å². The van der Waals surface area contributed by atoms with Crippen molar-refractivity contribution < 1.29 is 9.90 Å². The largest absolute Gasteiger partial charge is 0.480 e. The van der Waals surface area contributed by atoms with E-state index in [1.54, 1.807) is 18.3 Å². The number of aliphatic carboxylic acids is 1. The second-order valence-electron chi connectivity index (χ2n) is 4.12. The number of rotatable bonds is 4. The molecule has 2 aromatic rings. The van der Waals surface area contributed by atoms with Gasteiger partial charge >= 0.3 is 5.97 Å². The average Bonchev–Trinajstić information content (AvgIpc) is 2.69. The predicted molar refractivity (Wildman–Crippen MR) is 72.3 cm³/mol. The monoisotopic (exact) mass is 265 g/mol. The third-order valence-electron chi connectivity index (χ3n) is 2.60. The number of hydrogen-bond acceptors (Lipinski definition) is 5. The number of anilines is 1. The second kappa shape index (κ2) is 4.89. The molecule has 0 saturated carbocycles. The molecule has 0 radical (unpaired) electrons. The molecule has 2 rings (SSSR count). The molecule has 0 aromatic carbocycles. The Balaban J connectivity index is 2.49. The minimum atomic E-state index is -0.897. The summed E-state index contributed by atoms with van der Waals surface area (Å²) in [6.45, 7) is 5.58. The van der Waals surface area contributed by atoms with E-state index in [0.29, 0.717) is 5.82 Å². The van der Waals surface area contributed by atoms with Crippen molar-refractivity contribution in [2.45, 2.75) is 33.2 Å². The Morgan fingerprint density at radius 3 is 2.89 bits per heavy atom. The number of carboxylic acid groups (broad SMARTS) is 1. The molecule has 0 saturated heterocycles. The first-order valence-corrected chi connectivity index (χ1v) is 6.59. The number of aryl methyl sites for hydroxylation is 2. The van der Waals surface area contributed by atoms with Gasteiger partial charge in [-0.3, -0.25) is 4.79 Å². The number of nitrogens with one attached hydrogen (secondary N) is 1. The molecule has 0 aliphatic heterocycles. The first-order chi connectivity index (χ1) is 8.51. The van der Waals surface area contributed by atoms with Crippen molar-refractivity contribution in [3.05, 3.63) is 16.8 Å². The molecule has 1 atom stereocenters. The van der Waals surface area contributed by atoms with E-state index in [1.807, 2.05) is 19.9 Å². The number of nitrogens with zero attached hydrogens (tertiary/aromatic N) is 2. The van der Waals surface area contributed by atoms with Crippen LogP contribution in [-0.2, 0) is 11.2 Å². The van der Waals surface area contributed by atoms with E-state index in [0.717, 1.165) is 27.3 Å². The zero-order valence-corrected chi connectivity index (χ0v) is 11.3. The van der Waals surface area contributed by atoms with Crippen LogP contribution in [0.5, 0.6) is 0 Å². The molecule has 0 fully saturated rings. The third-order valence-corrected chi connectivity index (χ3v) is 3.55. The molecule has 2 aromatic heterocycles. The Morgan fingerprint density at radius 1 is 1.56 bits per heavy atom. The van der Waals surface area contributed by atoms with Crippen LogP contribution in [0.4, 0.5) is 5.82 Å². The molecule has 0 aliphatic carbocycles. The Labute approximate surface area is 109 Å².